The summed E-state index contributed by atoms with van der Waals surface area (Å²) < 4.78 is 0. The summed E-state index contributed by atoms with van der Waals surface area (Å²) in [5, 5.41) is 7.31. The van der Waals surface area contributed by atoms with Crippen molar-refractivity contribution in [1.82, 2.24) is 10.6 Å². The second-order valence-corrected chi connectivity index (χ2v) is 7.85. The van der Waals surface area contributed by atoms with Gasteiger partial charge in [-0.05, 0) is 62.9 Å². The minimum atomic E-state index is 0.609. The van der Waals surface area contributed by atoms with Crippen LogP contribution in [0.1, 0.15) is 65.7 Å². The first kappa shape index (κ1) is 16.3. The van der Waals surface area contributed by atoms with Crippen LogP contribution < -0.4 is 10.6 Å². The van der Waals surface area contributed by atoms with Gasteiger partial charge in [-0.1, -0.05) is 39.5 Å². The lowest BCUT2D eigenvalue weighted by Crippen LogP contribution is -2.41. The standard InChI is InChI=1S/C18H36N2/c1-14(2)11-19-12-15(3)20-13-16-8-9-17-6-4-5-7-18(17)10-16/h14-20H,4-13H2,1-3H3. The highest BCUT2D eigenvalue weighted by atomic mass is 15.0. The summed E-state index contributed by atoms with van der Waals surface area (Å²) >= 11 is 0. The lowest BCUT2D eigenvalue weighted by molar-refractivity contribution is 0.127. The van der Waals surface area contributed by atoms with Crippen molar-refractivity contribution in [3.05, 3.63) is 0 Å². The third-order valence-electron chi connectivity index (χ3n) is 5.41. The molecule has 0 aliphatic heterocycles. The quantitative estimate of drug-likeness (QED) is 0.741. The zero-order valence-electron chi connectivity index (χ0n) is 14.0. The van der Waals surface area contributed by atoms with Gasteiger partial charge in [0.15, 0.2) is 0 Å². The topological polar surface area (TPSA) is 24.1 Å². The highest BCUT2D eigenvalue weighted by Crippen LogP contribution is 2.42. The third-order valence-corrected chi connectivity index (χ3v) is 5.41. The lowest BCUT2D eigenvalue weighted by atomic mass is 9.67. The van der Waals surface area contributed by atoms with Gasteiger partial charge >= 0.3 is 0 Å². The summed E-state index contributed by atoms with van der Waals surface area (Å²) in [6.45, 7) is 10.4. The summed E-state index contributed by atoms with van der Waals surface area (Å²) in [7, 11) is 0. The van der Waals surface area contributed by atoms with Crippen molar-refractivity contribution >= 4 is 0 Å². The molecule has 0 aromatic carbocycles. The number of nitrogens with one attached hydrogen (secondary N) is 2. The van der Waals surface area contributed by atoms with Crippen LogP contribution in [0.3, 0.4) is 0 Å². The Hall–Kier alpha value is -0.0800. The van der Waals surface area contributed by atoms with Crippen molar-refractivity contribution in [3.8, 4) is 0 Å². The van der Waals surface area contributed by atoms with Crippen LogP contribution in [0.15, 0.2) is 0 Å². The number of hydrogen-bond donors (Lipinski definition) is 2. The van der Waals surface area contributed by atoms with Gasteiger partial charge in [-0.15, -0.1) is 0 Å². The Kier molecular flexibility index (Phi) is 6.83. The van der Waals surface area contributed by atoms with Gasteiger partial charge in [-0.2, -0.15) is 0 Å². The van der Waals surface area contributed by atoms with E-state index in [1.807, 2.05) is 0 Å². The molecule has 2 fully saturated rings. The van der Waals surface area contributed by atoms with E-state index >= 15 is 0 Å². The van der Waals surface area contributed by atoms with Crippen LogP contribution in [0.5, 0.6) is 0 Å². The Morgan fingerprint density at radius 2 is 1.65 bits per heavy atom. The van der Waals surface area contributed by atoms with Crippen LogP contribution in [0.2, 0.25) is 0 Å². The van der Waals surface area contributed by atoms with Gasteiger partial charge in [-0.3, -0.25) is 0 Å². The second kappa shape index (κ2) is 8.38. The number of rotatable bonds is 7. The Labute approximate surface area is 126 Å². The monoisotopic (exact) mass is 280 g/mol. The average Bonchev–Trinajstić information content (AvgIpc) is 2.44. The molecule has 2 aliphatic carbocycles. The highest BCUT2D eigenvalue weighted by Gasteiger charge is 2.31. The molecule has 0 radical (unpaired) electrons. The van der Waals surface area contributed by atoms with E-state index in [1.54, 1.807) is 0 Å². The fourth-order valence-corrected chi connectivity index (χ4v) is 4.18. The predicted molar refractivity (Wildman–Crippen MR) is 88.0 cm³/mol. The fraction of sp³-hybridized carbons (Fsp3) is 1.00. The Bertz CT molecular complexity index is 264. The molecule has 2 rings (SSSR count). The molecule has 0 bridgehead atoms. The highest BCUT2D eigenvalue weighted by molar-refractivity contribution is 4.84. The average molecular weight is 280 g/mol. The van der Waals surface area contributed by atoms with Crippen molar-refractivity contribution in [3.63, 3.8) is 0 Å². The van der Waals surface area contributed by atoms with Crippen molar-refractivity contribution in [2.75, 3.05) is 19.6 Å². The van der Waals surface area contributed by atoms with Crippen LogP contribution in [0, 0.1) is 23.7 Å². The van der Waals surface area contributed by atoms with Gasteiger partial charge in [0.1, 0.15) is 0 Å². The van der Waals surface area contributed by atoms with Crippen molar-refractivity contribution < 1.29 is 0 Å². The molecule has 20 heavy (non-hydrogen) atoms. The first-order chi connectivity index (χ1) is 9.65. The maximum atomic E-state index is 3.76. The van der Waals surface area contributed by atoms with Crippen molar-refractivity contribution in [2.45, 2.75) is 71.8 Å². The zero-order chi connectivity index (χ0) is 14.4. The van der Waals surface area contributed by atoms with E-state index in [2.05, 4.69) is 31.4 Å². The van der Waals surface area contributed by atoms with Gasteiger partial charge in [-0.25, -0.2) is 0 Å². The third kappa shape index (κ3) is 5.37. The summed E-state index contributed by atoms with van der Waals surface area (Å²) in [6.07, 6.45) is 10.5. The first-order valence-corrected chi connectivity index (χ1v) is 9.09. The second-order valence-electron chi connectivity index (χ2n) is 7.85. The number of fused-ring (bicyclic) bond motifs is 1. The van der Waals surface area contributed by atoms with Crippen LogP contribution in [-0.4, -0.2) is 25.7 Å². The first-order valence-electron chi connectivity index (χ1n) is 9.09. The van der Waals surface area contributed by atoms with Gasteiger partial charge in [0.2, 0.25) is 0 Å². The Morgan fingerprint density at radius 3 is 2.40 bits per heavy atom. The van der Waals surface area contributed by atoms with E-state index in [0.717, 1.165) is 36.8 Å². The molecule has 0 heterocycles. The molecule has 0 amide bonds. The van der Waals surface area contributed by atoms with Crippen LogP contribution in [0.25, 0.3) is 0 Å². The van der Waals surface area contributed by atoms with E-state index in [-0.39, 0.29) is 0 Å². The minimum absolute atomic E-state index is 0.609. The summed E-state index contributed by atoms with van der Waals surface area (Å²) in [5.41, 5.74) is 0. The van der Waals surface area contributed by atoms with E-state index in [4.69, 9.17) is 0 Å². The molecule has 0 saturated heterocycles. The molecule has 118 valence electrons. The molecule has 0 aromatic heterocycles. The lowest BCUT2D eigenvalue weighted by Gasteiger charge is -2.39. The summed E-state index contributed by atoms with van der Waals surface area (Å²) in [5.74, 6) is 3.86. The van der Waals surface area contributed by atoms with Gasteiger partial charge in [0.25, 0.3) is 0 Å². The Morgan fingerprint density at radius 1 is 0.900 bits per heavy atom. The van der Waals surface area contributed by atoms with Crippen LogP contribution in [-0.2, 0) is 0 Å². The largest absolute Gasteiger partial charge is 0.315 e. The molecule has 2 N–H and O–H groups in total. The molecular formula is C18H36N2. The van der Waals surface area contributed by atoms with E-state index in [0.29, 0.717) is 6.04 Å². The SMILES string of the molecule is CC(C)CNCC(C)NCC1CCC2CCCCC2C1. The predicted octanol–water partition coefficient (Wildman–Crippen LogP) is 3.82. The normalized spacial score (nSPS) is 32.1. The molecule has 2 saturated carbocycles. The van der Waals surface area contributed by atoms with E-state index < -0.39 is 0 Å². The summed E-state index contributed by atoms with van der Waals surface area (Å²) in [6, 6.07) is 0.609. The van der Waals surface area contributed by atoms with Crippen molar-refractivity contribution in [2.24, 2.45) is 23.7 Å². The van der Waals surface area contributed by atoms with Crippen molar-refractivity contribution in [1.29, 1.82) is 0 Å². The van der Waals surface area contributed by atoms with Gasteiger partial charge in [0, 0.05) is 12.6 Å². The van der Waals surface area contributed by atoms with Crippen LogP contribution >= 0.6 is 0 Å². The molecule has 2 aliphatic rings. The maximum Gasteiger partial charge on any atom is 0.0164 e. The number of hydrogen-bond acceptors (Lipinski definition) is 2. The Balaban J connectivity index is 1.59. The molecule has 2 heteroatoms. The fourth-order valence-electron chi connectivity index (χ4n) is 4.18. The zero-order valence-corrected chi connectivity index (χ0v) is 14.0. The van der Waals surface area contributed by atoms with E-state index in [9.17, 15) is 0 Å². The van der Waals surface area contributed by atoms with E-state index in [1.165, 1.54) is 51.5 Å². The smallest absolute Gasteiger partial charge is 0.0164 e. The molecule has 4 atom stereocenters. The molecule has 0 spiro atoms. The van der Waals surface area contributed by atoms with Crippen LogP contribution in [0.4, 0.5) is 0 Å². The van der Waals surface area contributed by atoms with Gasteiger partial charge < -0.3 is 10.6 Å². The minimum Gasteiger partial charge on any atom is -0.315 e. The maximum absolute atomic E-state index is 3.76. The van der Waals surface area contributed by atoms with Gasteiger partial charge in [0.05, 0.1) is 0 Å². The molecular weight excluding hydrogens is 244 g/mol. The molecule has 0 aromatic rings. The summed E-state index contributed by atoms with van der Waals surface area (Å²) in [4.78, 5) is 0. The molecule has 2 nitrogen and oxygen atoms in total. The molecule has 4 unspecified atom stereocenters.